The largest absolute Gasteiger partial charge is 0.243 e. The van der Waals surface area contributed by atoms with Gasteiger partial charge in [0.25, 0.3) is 0 Å². The van der Waals surface area contributed by atoms with E-state index in [-0.39, 0.29) is 16.8 Å². The number of alkyl halides is 1. The minimum atomic E-state index is -3.44. The number of sulfonamides is 1. The monoisotopic (exact) mass is 321 g/mol. The van der Waals surface area contributed by atoms with E-state index in [1.807, 2.05) is 6.92 Å². The van der Waals surface area contributed by atoms with Crippen LogP contribution in [0.4, 0.5) is 0 Å². The van der Waals surface area contributed by atoms with Gasteiger partial charge in [-0.1, -0.05) is 18.0 Å². The van der Waals surface area contributed by atoms with Crippen LogP contribution in [0, 0.1) is 0 Å². The average Bonchev–Trinajstić information content (AvgIpc) is 2.39. The first kappa shape index (κ1) is 15.1. The molecule has 0 amide bonds. The van der Waals surface area contributed by atoms with Gasteiger partial charge in [0.15, 0.2) is 0 Å². The molecule has 1 aromatic rings. The van der Waals surface area contributed by atoms with Crippen molar-refractivity contribution in [3.05, 3.63) is 28.8 Å². The number of nitrogens with zero attached hydrogens (tertiary/aromatic N) is 1. The Bertz CT molecular complexity index is 560. The van der Waals surface area contributed by atoms with Gasteiger partial charge in [-0.05, 0) is 43.5 Å². The molecule has 6 heteroatoms. The molecule has 0 aromatic heterocycles. The van der Waals surface area contributed by atoms with Gasteiger partial charge in [0.2, 0.25) is 10.0 Å². The van der Waals surface area contributed by atoms with Crippen molar-refractivity contribution >= 4 is 33.2 Å². The molecule has 1 atom stereocenters. The van der Waals surface area contributed by atoms with Gasteiger partial charge in [-0.25, -0.2) is 8.42 Å². The van der Waals surface area contributed by atoms with Crippen LogP contribution in [0.5, 0.6) is 0 Å². The Kier molecular flexibility index (Phi) is 4.77. The summed E-state index contributed by atoms with van der Waals surface area (Å²) in [6.07, 6.45) is 2.91. The first-order valence-electron chi connectivity index (χ1n) is 6.33. The predicted octanol–water partition coefficient (Wildman–Crippen LogP) is 3.64. The molecule has 0 aliphatic carbocycles. The summed E-state index contributed by atoms with van der Waals surface area (Å²) >= 11 is 11.7. The van der Waals surface area contributed by atoms with Gasteiger partial charge in [-0.3, -0.25) is 0 Å². The number of halogens is 2. The Balaban J connectivity index is 2.38. The van der Waals surface area contributed by atoms with Crippen molar-refractivity contribution in [3.8, 4) is 0 Å². The first-order valence-corrected chi connectivity index (χ1v) is 8.68. The van der Waals surface area contributed by atoms with Crippen molar-refractivity contribution in [1.82, 2.24) is 4.31 Å². The molecule has 1 aliphatic heterocycles. The molecule has 1 heterocycles. The zero-order valence-corrected chi connectivity index (χ0v) is 13.1. The van der Waals surface area contributed by atoms with E-state index in [2.05, 4.69) is 0 Å². The molecule has 1 fully saturated rings. The Labute approximate surface area is 124 Å². The Morgan fingerprint density at radius 3 is 2.74 bits per heavy atom. The van der Waals surface area contributed by atoms with E-state index in [0.29, 0.717) is 17.1 Å². The average molecular weight is 322 g/mol. The van der Waals surface area contributed by atoms with E-state index >= 15 is 0 Å². The lowest BCUT2D eigenvalue weighted by molar-refractivity contribution is 0.268. The van der Waals surface area contributed by atoms with Crippen LogP contribution in [0.3, 0.4) is 0 Å². The van der Waals surface area contributed by atoms with E-state index in [0.717, 1.165) is 19.3 Å². The van der Waals surface area contributed by atoms with Crippen LogP contribution in [0.15, 0.2) is 23.1 Å². The fourth-order valence-corrected chi connectivity index (χ4v) is 4.60. The number of benzene rings is 1. The minimum absolute atomic E-state index is 0.0499. The SMILES string of the molecule is CC1CCCCN1S(=O)(=O)c1ccc(Cl)c(CCl)c1. The molecule has 1 unspecified atom stereocenters. The summed E-state index contributed by atoms with van der Waals surface area (Å²) in [6.45, 7) is 2.54. The second kappa shape index (κ2) is 6.00. The zero-order valence-electron chi connectivity index (χ0n) is 10.8. The van der Waals surface area contributed by atoms with Gasteiger partial charge in [0, 0.05) is 23.5 Å². The number of hydrogen-bond donors (Lipinski definition) is 0. The van der Waals surface area contributed by atoms with E-state index in [1.165, 1.54) is 0 Å². The highest BCUT2D eigenvalue weighted by molar-refractivity contribution is 7.89. The third-order valence-electron chi connectivity index (χ3n) is 3.51. The molecule has 1 aromatic carbocycles. The van der Waals surface area contributed by atoms with Gasteiger partial charge >= 0.3 is 0 Å². The molecule has 3 nitrogen and oxygen atoms in total. The molecule has 106 valence electrons. The number of rotatable bonds is 3. The fourth-order valence-electron chi connectivity index (χ4n) is 2.38. The van der Waals surface area contributed by atoms with Crippen molar-refractivity contribution in [2.24, 2.45) is 0 Å². The Hall–Kier alpha value is -0.290. The highest BCUT2D eigenvalue weighted by Crippen LogP contribution is 2.28. The van der Waals surface area contributed by atoms with E-state index < -0.39 is 10.0 Å². The van der Waals surface area contributed by atoms with Crippen molar-refractivity contribution in [2.45, 2.75) is 43.0 Å². The van der Waals surface area contributed by atoms with Crippen LogP contribution >= 0.6 is 23.2 Å². The maximum atomic E-state index is 12.6. The summed E-state index contributed by atoms with van der Waals surface area (Å²) in [5.41, 5.74) is 0.647. The van der Waals surface area contributed by atoms with E-state index in [4.69, 9.17) is 23.2 Å². The summed E-state index contributed by atoms with van der Waals surface area (Å²) in [7, 11) is -3.44. The van der Waals surface area contributed by atoms with Crippen molar-refractivity contribution in [2.75, 3.05) is 6.54 Å². The molecule has 0 saturated carbocycles. The standard InChI is InChI=1S/C13H17Cl2NO2S/c1-10-4-2-3-7-16(10)19(17,18)12-5-6-13(15)11(8-12)9-14/h5-6,8,10H,2-4,7,9H2,1H3. The third-order valence-corrected chi connectivity index (χ3v) is 6.18. The molecular formula is C13H17Cl2NO2S. The molecule has 19 heavy (non-hydrogen) atoms. The molecule has 0 radical (unpaired) electrons. The lowest BCUT2D eigenvalue weighted by Crippen LogP contribution is -2.41. The molecule has 0 N–H and O–H groups in total. The van der Waals surface area contributed by atoms with E-state index in [9.17, 15) is 8.42 Å². The van der Waals surface area contributed by atoms with Crippen LogP contribution in [0.2, 0.25) is 5.02 Å². The Morgan fingerprint density at radius 1 is 1.37 bits per heavy atom. The van der Waals surface area contributed by atoms with Crippen molar-refractivity contribution in [3.63, 3.8) is 0 Å². The lowest BCUT2D eigenvalue weighted by Gasteiger charge is -2.32. The highest BCUT2D eigenvalue weighted by Gasteiger charge is 2.31. The van der Waals surface area contributed by atoms with Crippen LogP contribution in [0.1, 0.15) is 31.7 Å². The van der Waals surface area contributed by atoms with Gasteiger partial charge in [0.1, 0.15) is 0 Å². The fraction of sp³-hybridized carbons (Fsp3) is 0.538. The van der Waals surface area contributed by atoms with Crippen molar-refractivity contribution < 1.29 is 8.42 Å². The molecule has 0 bridgehead atoms. The summed E-state index contributed by atoms with van der Waals surface area (Å²) in [6, 6.07) is 4.77. The van der Waals surface area contributed by atoms with Gasteiger partial charge < -0.3 is 0 Å². The highest BCUT2D eigenvalue weighted by atomic mass is 35.5. The number of piperidine rings is 1. The zero-order chi connectivity index (χ0) is 14.0. The molecule has 1 saturated heterocycles. The van der Waals surface area contributed by atoms with Crippen molar-refractivity contribution in [1.29, 1.82) is 0 Å². The van der Waals surface area contributed by atoms with Gasteiger partial charge in [-0.15, -0.1) is 11.6 Å². The van der Waals surface area contributed by atoms with Crippen LogP contribution in [-0.2, 0) is 15.9 Å². The van der Waals surface area contributed by atoms with Crippen LogP contribution in [0.25, 0.3) is 0 Å². The van der Waals surface area contributed by atoms with Crippen LogP contribution < -0.4 is 0 Å². The summed E-state index contributed by atoms with van der Waals surface area (Å²) in [4.78, 5) is 0.279. The summed E-state index contributed by atoms with van der Waals surface area (Å²) in [5.74, 6) is 0.206. The summed E-state index contributed by atoms with van der Waals surface area (Å²) in [5, 5.41) is 0.501. The normalized spacial score (nSPS) is 21.5. The minimum Gasteiger partial charge on any atom is -0.207 e. The lowest BCUT2D eigenvalue weighted by atomic mass is 10.1. The molecule has 0 spiro atoms. The maximum Gasteiger partial charge on any atom is 0.243 e. The second-order valence-electron chi connectivity index (χ2n) is 4.85. The van der Waals surface area contributed by atoms with Gasteiger partial charge in [0.05, 0.1) is 4.90 Å². The third kappa shape index (κ3) is 3.07. The predicted molar refractivity (Wildman–Crippen MR) is 78.2 cm³/mol. The first-order chi connectivity index (χ1) is 8.96. The summed E-state index contributed by atoms with van der Waals surface area (Å²) < 4.78 is 26.8. The molecule has 2 rings (SSSR count). The van der Waals surface area contributed by atoms with E-state index in [1.54, 1.807) is 22.5 Å². The Morgan fingerprint density at radius 2 is 2.11 bits per heavy atom. The second-order valence-corrected chi connectivity index (χ2v) is 7.41. The quantitative estimate of drug-likeness (QED) is 0.797. The maximum absolute atomic E-state index is 12.6. The smallest absolute Gasteiger partial charge is 0.207 e. The van der Waals surface area contributed by atoms with Crippen LogP contribution in [-0.4, -0.2) is 25.3 Å². The van der Waals surface area contributed by atoms with Gasteiger partial charge in [-0.2, -0.15) is 4.31 Å². The molecule has 1 aliphatic rings. The number of hydrogen-bond acceptors (Lipinski definition) is 2. The molecular weight excluding hydrogens is 305 g/mol. The topological polar surface area (TPSA) is 37.4 Å².